The van der Waals surface area contributed by atoms with Crippen LogP contribution in [0, 0.1) is 0 Å². The molecule has 1 saturated carbocycles. The highest BCUT2D eigenvalue weighted by atomic mass is 32.2. The van der Waals surface area contributed by atoms with Gasteiger partial charge in [-0.2, -0.15) is 0 Å². The molecule has 1 aliphatic carbocycles. The molecule has 2 fully saturated rings. The number of carbonyl (C=O) groups excluding carboxylic acids is 1. The van der Waals surface area contributed by atoms with Crippen LogP contribution in [-0.4, -0.2) is 41.0 Å². The minimum Gasteiger partial charge on any atom is -0.457 e. The molecular formula is C21H23N3O2S. The summed E-state index contributed by atoms with van der Waals surface area (Å²) in [6.45, 7) is 1.61. The molecule has 1 aliphatic heterocycles. The molecule has 1 heterocycles. The minimum atomic E-state index is -0.0223. The van der Waals surface area contributed by atoms with Crippen LogP contribution in [0.3, 0.4) is 0 Å². The number of thioether (sulfide) groups is 1. The number of anilines is 1. The molecular weight excluding hydrogens is 358 g/mol. The van der Waals surface area contributed by atoms with Crippen LogP contribution in [0.15, 0.2) is 59.6 Å². The molecule has 0 aromatic heterocycles. The molecule has 1 unspecified atom stereocenters. The largest absolute Gasteiger partial charge is 0.457 e. The topological polar surface area (TPSA) is 45.1 Å². The first-order valence-corrected chi connectivity index (χ1v) is 10.2. The predicted octanol–water partition coefficient (Wildman–Crippen LogP) is 4.35. The van der Waals surface area contributed by atoms with Gasteiger partial charge in [-0.25, -0.2) is 0 Å². The van der Waals surface area contributed by atoms with Crippen molar-refractivity contribution in [3.63, 3.8) is 0 Å². The molecule has 6 heteroatoms. The Balaban J connectivity index is 1.51. The van der Waals surface area contributed by atoms with Gasteiger partial charge in [0.25, 0.3) is 0 Å². The van der Waals surface area contributed by atoms with E-state index in [1.165, 1.54) is 12.8 Å². The van der Waals surface area contributed by atoms with Crippen molar-refractivity contribution in [2.45, 2.75) is 32.0 Å². The number of ether oxygens (including phenoxy) is 1. The quantitative estimate of drug-likeness (QED) is 0.772. The molecule has 140 valence electrons. The van der Waals surface area contributed by atoms with Gasteiger partial charge in [0.05, 0.1) is 6.04 Å². The molecule has 1 atom stereocenters. The van der Waals surface area contributed by atoms with Crippen molar-refractivity contribution in [2.75, 3.05) is 17.7 Å². The van der Waals surface area contributed by atoms with E-state index in [-0.39, 0.29) is 12.1 Å². The van der Waals surface area contributed by atoms with Crippen LogP contribution in [0.4, 0.5) is 5.69 Å². The van der Waals surface area contributed by atoms with Crippen molar-refractivity contribution in [1.29, 1.82) is 0 Å². The normalized spacial score (nSPS) is 20.7. The van der Waals surface area contributed by atoms with Crippen molar-refractivity contribution in [2.24, 2.45) is 4.99 Å². The highest BCUT2D eigenvalue weighted by Crippen LogP contribution is 2.33. The fourth-order valence-electron chi connectivity index (χ4n) is 3.09. The van der Waals surface area contributed by atoms with Crippen LogP contribution in [0.1, 0.15) is 19.8 Å². The number of nitrogens with zero attached hydrogens (tertiary/aromatic N) is 3. The Morgan fingerprint density at radius 1 is 1.11 bits per heavy atom. The number of amides is 1. The second-order valence-corrected chi connectivity index (χ2v) is 7.83. The molecule has 0 bridgehead atoms. The summed E-state index contributed by atoms with van der Waals surface area (Å²) in [6.07, 6.45) is 2.34. The number of amidine groups is 1. The average molecular weight is 382 g/mol. The predicted molar refractivity (Wildman–Crippen MR) is 111 cm³/mol. The van der Waals surface area contributed by atoms with Gasteiger partial charge in [0.2, 0.25) is 5.91 Å². The van der Waals surface area contributed by atoms with Crippen LogP contribution in [0.25, 0.3) is 0 Å². The van der Waals surface area contributed by atoms with Gasteiger partial charge in [0.1, 0.15) is 17.7 Å². The summed E-state index contributed by atoms with van der Waals surface area (Å²) in [7, 11) is 2.02. The number of benzene rings is 2. The standard InChI is InChI=1S/C21H23N3O2S/c1-15(25)24(20-14-27-21(23(20)2)22-16-8-9-16)17-10-12-19(13-11-17)26-18-6-4-3-5-7-18/h3-7,10-13,16,20H,8-9,14H2,1-2H3. The molecule has 1 amide bonds. The van der Waals surface area contributed by atoms with E-state index in [1.807, 2.05) is 66.5 Å². The number of carbonyl (C=O) groups is 1. The van der Waals surface area contributed by atoms with Crippen molar-refractivity contribution in [3.8, 4) is 11.5 Å². The monoisotopic (exact) mass is 381 g/mol. The molecule has 0 radical (unpaired) electrons. The van der Waals surface area contributed by atoms with Crippen molar-refractivity contribution in [3.05, 3.63) is 54.6 Å². The Labute approximate surface area is 164 Å². The fourth-order valence-corrected chi connectivity index (χ4v) is 4.31. The number of hydrogen-bond donors (Lipinski definition) is 0. The zero-order valence-electron chi connectivity index (χ0n) is 15.5. The zero-order chi connectivity index (χ0) is 18.8. The highest BCUT2D eigenvalue weighted by molar-refractivity contribution is 8.14. The maximum atomic E-state index is 12.4. The lowest BCUT2D eigenvalue weighted by molar-refractivity contribution is -0.117. The van der Waals surface area contributed by atoms with E-state index in [1.54, 1.807) is 18.7 Å². The third-order valence-electron chi connectivity index (χ3n) is 4.68. The van der Waals surface area contributed by atoms with E-state index < -0.39 is 0 Å². The minimum absolute atomic E-state index is 0.0223. The first-order chi connectivity index (χ1) is 13.1. The molecule has 27 heavy (non-hydrogen) atoms. The van der Waals surface area contributed by atoms with Gasteiger partial charge in [-0.3, -0.25) is 14.7 Å². The first-order valence-electron chi connectivity index (χ1n) is 9.18. The molecule has 1 saturated heterocycles. The van der Waals surface area contributed by atoms with Crippen LogP contribution >= 0.6 is 11.8 Å². The van der Waals surface area contributed by atoms with Gasteiger partial charge in [-0.1, -0.05) is 30.0 Å². The van der Waals surface area contributed by atoms with Crippen LogP contribution in [0.5, 0.6) is 11.5 Å². The number of hydrogen-bond acceptors (Lipinski definition) is 4. The van der Waals surface area contributed by atoms with E-state index in [0.29, 0.717) is 6.04 Å². The molecule has 4 rings (SSSR count). The summed E-state index contributed by atoms with van der Waals surface area (Å²) in [5.41, 5.74) is 0.869. The Kier molecular flexibility index (Phi) is 5.07. The van der Waals surface area contributed by atoms with E-state index in [0.717, 1.165) is 28.1 Å². The zero-order valence-corrected chi connectivity index (χ0v) is 16.4. The Bertz CT molecular complexity index is 834. The average Bonchev–Trinajstić information content (AvgIpc) is 3.42. The molecule has 0 spiro atoms. The Hall–Kier alpha value is -2.47. The van der Waals surface area contributed by atoms with Crippen molar-refractivity contribution < 1.29 is 9.53 Å². The fraction of sp³-hybridized carbons (Fsp3) is 0.333. The molecule has 2 aromatic carbocycles. The summed E-state index contributed by atoms with van der Waals surface area (Å²) in [5, 5.41) is 1.04. The second kappa shape index (κ2) is 7.64. The van der Waals surface area contributed by atoms with Gasteiger partial charge < -0.3 is 9.64 Å². The number of para-hydroxylation sites is 1. The highest BCUT2D eigenvalue weighted by Gasteiger charge is 2.35. The Morgan fingerprint density at radius 2 is 1.78 bits per heavy atom. The van der Waals surface area contributed by atoms with Gasteiger partial charge in [-0.15, -0.1) is 0 Å². The van der Waals surface area contributed by atoms with Crippen molar-refractivity contribution in [1.82, 2.24) is 4.90 Å². The van der Waals surface area contributed by atoms with Crippen LogP contribution in [0.2, 0.25) is 0 Å². The van der Waals surface area contributed by atoms with Gasteiger partial charge in [0.15, 0.2) is 5.17 Å². The van der Waals surface area contributed by atoms with Crippen LogP contribution < -0.4 is 9.64 Å². The van der Waals surface area contributed by atoms with Crippen molar-refractivity contribution >= 4 is 28.5 Å². The van der Waals surface area contributed by atoms with E-state index in [9.17, 15) is 4.79 Å². The lowest BCUT2D eigenvalue weighted by Gasteiger charge is -2.32. The first kappa shape index (κ1) is 17.9. The molecule has 5 nitrogen and oxygen atoms in total. The lowest BCUT2D eigenvalue weighted by atomic mass is 10.2. The van der Waals surface area contributed by atoms with E-state index >= 15 is 0 Å². The molecule has 2 aromatic rings. The number of rotatable bonds is 5. The maximum Gasteiger partial charge on any atom is 0.225 e. The summed E-state index contributed by atoms with van der Waals surface area (Å²) in [5.74, 6) is 2.39. The maximum absolute atomic E-state index is 12.4. The van der Waals surface area contributed by atoms with Gasteiger partial charge in [-0.05, 0) is 49.2 Å². The van der Waals surface area contributed by atoms with E-state index in [4.69, 9.17) is 9.73 Å². The summed E-state index contributed by atoms with van der Waals surface area (Å²) in [4.78, 5) is 21.1. The number of aliphatic imine (C=N–C) groups is 1. The SMILES string of the molecule is CC(=O)N(c1ccc(Oc2ccccc2)cc1)C1CSC(=NC2CC2)N1C. The summed E-state index contributed by atoms with van der Waals surface area (Å²) < 4.78 is 5.85. The lowest BCUT2D eigenvalue weighted by Crippen LogP contribution is -2.48. The molecule has 2 aliphatic rings. The van der Waals surface area contributed by atoms with Gasteiger partial charge in [0, 0.05) is 25.4 Å². The second-order valence-electron chi connectivity index (χ2n) is 6.84. The molecule has 0 N–H and O–H groups in total. The summed E-state index contributed by atoms with van der Waals surface area (Å²) in [6, 6.07) is 17.8. The van der Waals surface area contributed by atoms with Crippen LogP contribution in [-0.2, 0) is 4.79 Å². The van der Waals surface area contributed by atoms with Gasteiger partial charge >= 0.3 is 0 Å². The third kappa shape index (κ3) is 4.11. The Morgan fingerprint density at radius 3 is 2.41 bits per heavy atom. The third-order valence-corrected chi connectivity index (χ3v) is 5.80. The summed E-state index contributed by atoms with van der Waals surface area (Å²) >= 11 is 1.73. The van der Waals surface area contributed by atoms with E-state index in [2.05, 4.69) is 4.90 Å². The smallest absolute Gasteiger partial charge is 0.225 e.